The topological polar surface area (TPSA) is 48.1 Å². The highest BCUT2D eigenvalue weighted by Crippen LogP contribution is 2.25. The van der Waals surface area contributed by atoms with Crippen LogP contribution in [0.2, 0.25) is 0 Å². The van der Waals surface area contributed by atoms with Crippen molar-refractivity contribution < 1.29 is 4.74 Å². The number of aryl methyl sites for hydroxylation is 2. The molecule has 0 bridgehead atoms. The number of hydrogen-bond donors (Lipinski definition) is 1. The van der Waals surface area contributed by atoms with E-state index in [4.69, 9.17) is 10.5 Å². The monoisotopic (exact) mass is 228 g/mol. The molecule has 0 aliphatic rings. The van der Waals surface area contributed by atoms with Crippen LogP contribution in [0.5, 0.6) is 11.6 Å². The zero-order valence-corrected chi connectivity index (χ0v) is 10.1. The summed E-state index contributed by atoms with van der Waals surface area (Å²) in [7, 11) is 0. The third kappa shape index (κ3) is 2.75. The van der Waals surface area contributed by atoms with E-state index in [0.717, 1.165) is 17.9 Å². The molecule has 0 aliphatic carbocycles. The minimum atomic E-state index is 0.471. The smallest absolute Gasteiger partial charge is 0.242 e. The number of aromatic nitrogens is 1. The van der Waals surface area contributed by atoms with Crippen molar-refractivity contribution >= 4 is 5.69 Å². The molecule has 0 spiro atoms. The van der Waals surface area contributed by atoms with E-state index in [0.29, 0.717) is 11.6 Å². The fraction of sp³-hybridized carbons (Fsp3) is 0.214. The number of ether oxygens (including phenoxy) is 1. The lowest BCUT2D eigenvalue weighted by Crippen LogP contribution is -1.96. The van der Waals surface area contributed by atoms with Crippen LogP contribution in [0, 0.1) is 6.92 Å². The summed E-state index contributed by atoms with van der Waals surface area (Å²) in [5, 5.41) is 0. The molecule has 3 nitrogen and oxygen atoms in total. The SMILES string of the molecule is CCc1cccc(Oc2nc(C)ccc2N)c1. The molecule has 2 rings (SSSR count). The summed E-state index contributed by atoms with van der Waals surface area (Å²) in [6.45, 7) is 4.02. The lowest BCUT2D eigenvalue weighted by atomic mass is 10.2. The summed E-state index contributed by atoms with van der Waals surface area (Å²) in [5.41, 5.74) is 8.49. The second-order valence-corrected chi connectivity index (χ2v) is 3.95. The van der Waals surface area contributed by atoms with Gasteiger partial charge >= 0.3 is 0 Å². The van der Waals surface area contributed by atoms with Gasteiger partial charge in [0, 0.05) is 5.69 Å². The molecule has 1 aromatic carbocycles. The van der Waals surface area contributed by atoms with Gasteiger partial charge in [-0.15, -0.1) is 0 Å². The number of benzene rings is 1. The number of rotatable bonds is 3. The maximum absolute atomic E-state index is 5.82. The molecule has 0 atom stereocenters. The highest BCUT2D eigenvalue weighted by Gasteiger charge is 2.04. The maximum Gasteiger partial charge on any atom is 0.242 e. The predicted octanol–water partition coefficient (Wildman–Crippen LogP) is 3.33. The summed E-state index contributed by atoms with van der Waals surface area (Å²) in [4.78, 5) is 4.28. The fourth-order valence-corrected chi connectivity index (χ4v) is 1.57. The van der Waals surface area contributed by atoms with E-state index in [2.05, 4.69) is 18.0 Å². The highest BCUT2D eigenvalue weighted by atomic mass is 16.5. The molecule has 0 fully saturated rings. The summed E-state index contributed by atoms with van der Waals surface area (Å²) in [6, 6.07) is 11.6. The molecule has 3 heteroatoms. The molecule has 2 N–H and O–H groups in total. The first kappa shape index (κ1) is 11.5. The Morgan fingerprint density at radius 2 is 2.06 bits per heavy atom. The molecule has 0 radical (unpaired) electrons. The van der Waals surface area contributed by atoms with Crippen LogP contribution in [0.3, 0.4) is 0 Å². The van der Waals surface area contributed by atoms with E-state index in [1.165, 1.54) is 5.56 Å². The summed E-state index contributed by atoms with van der Waals surface area (Å²) in [5.74, 6) is 1.24. The molecule has 1 aromatic heterocycles. The van der Waals surface area contributed by atoms with E-state index < -0.39 is 0 Å². The van der Waals surface area contributed by atoms with Crippen molar-refractivity contribution in [2.45, 2.75) is 20.3 Å². The van der Waals surface area contributed by atoms with Gasteiger partial charge in [-0.25, -0.2) is 4.98 Å². The molecule has 0 aliphatic heterocycles. The first-order valence-electron chi connectivity index (χ1n) is 5.69. The van der Waals surface area contributed by atoms with Gasteiger partial charge in [-0.1, -0.05) is 19.1 Å². The first-order chi connectivity index (χ1) is 8.19. The number of nitrogens with two attached hydrogens (primary N) is 1. The molecule has 0 saturated heterocycles. The molecule has 17 heavy (non-hydrogen) atoms. The van der Waals surface area contributed by atoms with Gasteiger partial charge in [0.2, 0.25) is 5.88 Å². The second-order valence-electron chi connectivity index (χ2n) is 3.95. The standard InChI is InChI=1S/C14H16N2O/c1-3-11-5-4-6-12(9-11)17-14-13(15)8-7-10(2)16-14/h4-9H,3,15H2,1-2H3. The van der Waals surface area contributed by atoms with Gasteiger partial charge in [0.1, 0.15) is 5.75 Å². The quantitative estimate of drug-likeness (QED) is 0.876. The van der Waals surface area contributed by atoms with Crippen LogP contribution in [-0.2, 0) is 6.42 Å². The van der Waals surface area contributed by atoms with Crippen LogP contribution < -0.4 is 10.5 Å². The molecule has 0 unspecified atom stereocenters. The van der Waals surface area contributed by atoms with Crippen LogP contribution >= 0.6 is 0 Å². The average molecular weight is 228 g/mol. The van der Waals surface area contributed by atoms with Crippen molar-refractivity contribution in [3.05, 3.63) is 47.7 Å². The van der Waals surface area contributed by atoms with E-state index >= 15 is 0 Å². The molecule has 88 valence electrons. The predicted molar refractivity (Wildman–Crippen MR) is 69.3 cm³/mol. The third-order valence-corrected chi connectivity index (χ3v) is 2.55. The number of anilines is 1. The Labute approximate surface area is 101 Å². The van der Waals surface area contributed by atoms with Gasteiger partial charge < -0.3 is 10.5 Å². The molecule has 0 amide bonds. The lowest BCUT2D eigenvalue weighted by Gasteiger charge is -2.08. The van der Waals surface area contributed by atoms with Gasteiger partial charge in [-0.05, 0) is 43.2 Å². The van der Waals surface area contributed by atoms with Crippen LogP contribution in [0.1, 0.15) is 18.2 Å². The number of hydrogen-bond acceptors (Lipinski definition) is 3. The zero-order chi connectivity index (χ0) is 12.3. The molecular formula is C14H16N2O. The first-order valence-corrected chi connectivity index (χ1v) is 5.69. The van der Waals surface area contributed by atoms with Gasteiger partial charge in [0.25, 0.3) is 0 Å². The Kier molecular flexibility index (Phi) is 3.28. The molecule has 0 saturated carbocycles. The van der Waals surface area contributed by atoms with Gasteiger partial charge in [0.15, 0.2) is 0 Å². The van der Waals surface area contributed by atoms with E-state index in [1.807, 2.05) is 31.2 Å². The number of nitrogen functional groups attached to an aromatic ring is 1. The van der Waals surface area contributed by atoms with E-state index in [1.54, 1.807) is 6.07 Å². The Hall–Kier alpha value is -2.03. The molecular weight excluding hydrogens is 212 g/mol. The van der Waals surface area contributed by atoms with Gasteiger partial charge in [-0.3, -0.25) is 0 Å². The Morgan fingerprint density at radius 1 is 1.24 bits per heavy atom. The minimum absolute atomic E-state index is 0.471. The van der Waals surface area contributed by atoms with Crippen molar-refractivity contribution in [1.82, 2.24) is 4.98 Å². The van der Waals surface area contributed by atoms with E-state index in [-0.39, 0.29) is 0 Å². The van der Waals surface area contributed by atoms with Crippen LogP contribution in [0.4, 0.5) is 5.69 Å². The zero-order valence-electron chi connectivity index (χ0n) is 10.1. The van der Waals surface area contributed by atoms with Gasteiger partial charge in [0.05, 0.1) is 5.69 Å². The Morgan fingerprint density at radius 3 is 2.82 bits per heavy atom. The third-order valence-electron chi connectivity index (χ3n) is 2.55. The van der Waals surface area contributed by atoms with Crippen LogP contribution in [0.15, 0.2) is 36.4 Å². The summed E-state index contributed by atoms with van der Waals surface area (Å²) < 4.78 is 5.70. The number of pyridine rings is 1. The van der Waals surface area contributed by atoms with Crippen LogP contribution in [-0.4, -0.2) is 4.98 Å². The fourth-order valence-electron chi connectivity index (χ4n) is 1.57. The Balaban J connectivity index is 2.27. The van der Waals surface area contributed by atoms with Crippen molar-refractivity contribution in [2.75, 3.05) is 5.73 Å². The molecule has 1 heterocycles. The van der Waals surface area contributed by atoms with Crippen molar-refractivity contribution in [3.63, 3.8) is 0 Å². The largest absolute Gasteiger partial charge is 0.437 e. The second kappa shape index (κ2) is 4.87. The van der Waals surface area contributed by atoms with Crippen molar-refractivity contribution in [1.29, 1.82) is 0 Å². The number of nitrogens with zero attached hydrogens (tertiary/aromatic N) is 1. The highest BCUT2D eigenvalue weighted by molar-refractivity contribution is 5.50. The Bertz CT molecular complexity index is 523. The molecule has 2 aromatic rings. The average Bonchev–Trinajstić information content (AvgIpc) is 2.34. The normalized spacial score (nSPS) is 10.2. The summed E-state index contributed by atoms with van der Waals surface area (Å²) >= 11 is 0. The van der Waals surface area contributed by atoms with Crippen LogP contribution in [0.25, 0.3) is 0 Å². The maximum atomic E-state index is 5.82. The van der Waals surface area contributed by atoms with E-state index in [9.17, 15) is 0 Å². The summed E-state index contributed by atoms with van der Waals surface area (Å²) in [6.07, 6.45) is 0.980. The lowest BCUT2D eigenvalue weighted by molar-refractivity contribution is 0.464. The van der Waals surface area contributed by atoms with Gasteiger partial charge in [-0.2, -0.15) is 0 Å². The van der Waals surface area contributed by atoms with Crippen molar-refractivity contribution in [3.8, 4) is 11.6 Å². The minimum Gasteiger partial charge on any atom is -0.437 e. The van der Waals surface area contributed by atoms with Crippen molar-refractivity contribution in [2.24, 2.45) is 0 Å².